The van der Waals surface area contributed by atoms with Gasteiger partial charge in [-0.2, -0.15) is 0 Å². The van der Waals surface area contributed by atoms with Gasteiger partial charge in [0.25, 0.3) is 0 Å². The minimum absolute atomic E-state index is 0. The number of unbranched alkanes of at least 4 members (excludes halogenated alkanes) is 15. The highest BCUT2D eigenvalue weighted by atomic mass is 35.5. The van der Waals surface area contributed by atoms with Crippen molar-refractivity contribution in [1.29, 1.82) is 0 Å². The largest absolute Gasteiger partial charge is 0.375 e. The third-order valence-corrected chi connectivity index (χ3v) is 6.72. The summed E-state index contributed by atoms with van der Waals surface area (Å²) >= 11 is 0. The van der Waals surface area contributed by atoms with Crippen LogP contribution in [0.15, 0.2) is 0 Å². The zero-order valence-electron chi connectivity index (χ0n) is 21.2. The van der Waals surface area contributed by atoms with Gasteiger partial charge in [-0.15, -0.1) is 21.6 Å². The van der Waals surface area contributed by atoms with Gasteiger partial charge < -0.3 is 4.74 Å². The highest BCUT2D eigenvalue weighted by Crippen LogP contribution is 2.33. The Bertz CT molecular complexity index is 270. The molecule has 0 aromatic rings. The maximum atomic E-state index is 6.64. The molecule has 0 amide bonds. The molecule has 3 heteroatoms. The quantitative estimate of drug-likeness (QED) is 0.102. The molecule has 1 atom stereocenters. The molecule has 0 radical (unpaired) electrons. The Labute approximate surface area is 200 Å². The first kappa shape index (κ1) is 32.9. The molecular formula is C27H58ClOP. The second kappa shape index (κ2) is 25.9. The number of hydrogen-bond acceptors (Lipinski definition) is 1. The molecule has 1 nitrogen and oxygen atoms in total. The smallest absolute Gasteiger partial charge is 0.0682 e. The van der Waals surface area contributed by atoms with Crippen LogP contribution in [0.3, 0.4) is 0 Å². The number of ether oxygens (including phenoxy) is 1. The Morgan fingerprint density at radius 2 is 0.800 bits per heavy atom. The summed E-state index contributed by atoms with van der Waals surface area (Å²) in [6.07, 6.45) is 30.1. The van der Waals surface area contributed by atoms with E-state index < -0.39 is 0 Å². The molecule has 184 valence electrons. The molecular weight excluding hydrogens is 407 g/mol. The van der Waals surface area contributed by atoms with Crippen LogP contribution in [0.5, 0.6) is 0 Å². The molecule has 0 N–H and O–H groups in total. The summed E-state index contributed by atoms with van der Waals surface area (Å²) in [6.45, 7) is 7.85. The van der Waals surface area contributed by atoms with Crippen LogP contribution in [0.1, 0.15) is 156 Å². The van der Waals surface area contributed by atoms with Crippen LogP contribution < -0.4 is 0 Å². The van der Waals surface area contributed by atoms with Crippen molar-refractivity contribution in [2.45, 2.75) is 161 Å². The molecule has 0 aliphatic heterocycles. The minimum Gasteiger partial charge on any atom is -0.375 e. The van der Waals surface area contributed by atoms with Gasteiger partial charge in [0.05, 0.1) is 12.2 Å². The second-order valence-electron chi connectivity index (χ2n) is 9.37. The van der Waals surface area contributed by atoms with Crippen molar-refractivity contribution in [1.82, 2.24) is 0 Å². The Morgan fingerprint density at radius 1 is 0.500 bits per heavy atom. The molecule has 0 aliphatic carbocycles. The topological polar surface area (TPSA) is 9.23 Å². The predicted molar refractivity (Wildman–Crippen MR) is 144 cm³/mol. The van der Waals surface area contributed by atoms with E-state index in [2.05, 4.69) is 30.0 Å². The molecule has 0 spiro atoms. The first-order chi connectivity index (χ1) is 14.2. The lowest BCUT2D eigenvalue weighted by Gasteiger charge is -2.35. The van der Waals surface area contributed by atoms with E-state index >= 15 is 0 Å². The van der Waals surface area contributed by atoms with Crippen LogP contribution in [0, 0.1) is 0 Å². The first-order valence-corrected chi connectivity index (χ1v) is 14.4. The fraction of sp³-hybridized carbons (Fsp3) is 1.00. The van der Waals surface area contributed by atoms with Crippen LogP contribution in [0.2, 0.25) is 0 Å². The molecule has 0 saturated heterocycles. The molecule has 0 aliphatic rings. The van der Waals surface area contributed by atoms with Crippen LogP contribution in [-0.4, -0.2) is 18.4 Å². The van der Waals surface area contributed by atoms with Gasteiger partial charge in [0.15, 0.2) is 0 Å². The lowest BCUT2D eigenvalue weighted by Crippen LogP contribution is -2.33. The fourth-order valence-corrected chi connectivity index (χ4v) is 4.67. The Morgan fingerprint density at radius 3 is 1.10 bits per heavy atom. The van der Waals surface area contributed by atoms with Gasteiger partial charge in [-0.3, -0.25) is 0 Å². The van der Waals surface area contributed by atoms with Crippen molar-refractivity contribution in [3.05, 3.63) is 0 Å². The SMILES string of the molecule is CCCCCCCCC(CCCCCCCC)(CCCCCCCC)OCCP.Cl. The molecule has 0 bridgehead atoms. The number of halogens is 1. The summed E-state index contributed by atoms with van der Waals surface area (Å²) < 4.78 is 6.64. The normalized spacial score (nSPS) is 11.6. The molecule has 0 aromatic carbocycles. The van der Waals surface area contributed by atoms with E-state index in [0.29, 0.717) is 0 Å². The summed E-state index contributed by atoms with van der Waals surface area (Å²) in [5.41, 5.74) is 0.177. The van der Waals surface area contributed by atoms with E-state index in [1.165, 1.54) is 135 Å². The lowest BCUT2D eigenvalue weighted by atomic mass is 9.84. The van der Waals surface area contributed by atoms with Gasteiger partial charge in [0.1, 0.15) is 0 Å². The lowest BCUT2D eigenvalue weighted by molar-refractivity contribution is -0.0612. The highest BCUT2D eigenvalue weighted by Gasteiger charge is 2.29. The van der Waals surface area contributed by atoms with Crippen molar-refractivity contribution in [2.75, 3.05) is 12.8 Å². The molecule has 1 unspecified atom stereocenters. The van der Waals surface area contributed by atoms with Crippen molar-refractivity contribution >= 4 is 21.6 Å². The number of hydrogen-bond donors (Lipinski definition) is 0. The van der Waals surface area contributed by atoms with Gasteiger partial charge in [0.2, 0.25) is 0 Å². The summed E-state index contributed by atoms with van der Waals surface area (Å²) in [4.78, 5) is 0. The van der Waals surface area contributed by atoms with Crippen molar-refractivity contribution in [2.24, 2.45) is 0 Å². The summed E-state index contributed by atoms with van der Waals surface area (Å²) in [7, 11) is 2.86. The molecule has 30 heavy (non-hydrogen) atoms. The van der Waals surface area contributed by atoms with Crippen molar-refractivity contribution in [3.8, 4) is 0 Å². The standard InChI is InChI=1S/C27H57OP.ClH/c1-4-7-10-13-16-19-22-27(28-25-26-29,23-20-17-14-11-8-5-2)24-21-18-15-12-9-6-3;/h4-26,29H2,1-3H3;1H. The van der Waals surface area contributed by atoms with E-state index in [-0.39, 0.29) is 18.0 Å². The van der Waals surface area contributed by atoms with Crippen LogP contribution >= 0.6 is 21.6 Å². The maximum Gasteiger partial charge on any atom is 0.0682 e. The van der Waals surface area contributed by atoms with Gasteiger partial charge in [-0.25, -0.2) is 0 Å². The third kappa shape index (κ3) is 20.6. The Hall–Kier alpha value is 0.680. The summed E-state index contributed by atoms with van der Waals surface area (Å²) in [5, 5.41) is 0. The van der Waals surface area contributed by atoms with Crippen LogP contribution in [-0.2, 0) is 4.74 Å². The third-order valence-electron chi connectivity index (χ3n) is 6.48. The van der Waals surface area contributed by atoms with Crippen LogP contribution in [0.25, 0.3) is 0 Å². The average Bonchev–Trinajstić information content (AvgIpc) is 2.74. The predicted octanol–water partition coefficient (Wildman–Crippen LogP) is 10.3. The minimum atomic E-state index is 0. The van der Waals surface area contributed by atoms with E-state index in [4.69, 9.17) is 4.74 Å². The molecule has 0 saturated carbocycles. The molecule has 0 aromatic heterocycles. The Balaban J connectivity index is 0. The summed E-state index contributed by atoms with van der Waals surface area (Å²) in [5.74, 6) is 0. The Kier molecular flexibility index (Phi) is 28.4. The zero-order valence-corrected chi connectivity index (χ0v) is 23.1. The van der Waals surface area contributed by atoms with Crippen molar-refractivity contribution < 1.29 is 4.74 Å². The van der Waals surface area contributed by atoms with Crippen LogP contribution in [0.4, 0.5) is 0 Å². The van der Waals surface area contributed by atoms with Gasteiger partial charge >= 0.3 is 0 Å². The second-order valence-corrected chi connectivity index (χ2v) is 9.95. The van der Waals surface area contributed by atoms with E-state index in [1.54, 1.807) is 0 Å². The zero-order chi connectivity index (χ0) is 21.5. The van der Waals surface area contributed by atoms with E-state index in [9.17, 15) is 0 Å². The monoisotopic (exact) mass is 464 g/mol. The van der Waals surface area contributed by atoms with Gasteiger partial charge in [-0.05, 0) is 25.4 Å². The number of rotatable bonds is 24. The van der Waals surface area contributed by atoms with E-state index in [1.807, 2.05) is 0 Å². The summed E-state index contributed by atoms with van der Waals surface area (Å²) in [6, 6.07) is 0. The fourth-order valence-electron chi connectivity index (χ4n) is 4.55. The van der Waals surface area contributed by atoms with Crippen molar-refractivity contribution in [3.63, 3.8) is 0 Å². The highest BCUT2D eigenvalue weighted by molar-refractivity contribution is 7.16. The van der Waals surface area contributed by atoms with Gasteiger partial charge in [0, 0.05) is 0 Å². The first-order valence-electron chi connectivity index (χ1n) is 13.6. The van der Waals surface area contributed by atoms with E-state index in [0.717, 1.165) is 12.8 Å². The molecule has 0 heterocycles. The van der Waals surface area contributed by atoms with Gasteiger partial charge in [-0.1, -0.05) is 136 Å². The molecule has 0 fully saturated rings. The maximum absolute atomic E-state index is 6.64. The molecule has 0 rings (SSSR count). The average molecular weight is 465 g/mol.